The molecule has 0 aromatic heterocycles. The molecule has 2 aliphatic rings. The number of nitrogens with zero attached hydrogens (tertiary/aromatic N) is 2. The maximum Gasteiger partial charge on any atom is 0.258 e. The second-order valence-corrected chi connectivity index (χ2v) is 3.38. The standard InChI is InChI=1S/C7H12N2O2/c10-8-6-4-2-1-3-5-7(6)9(8)11/h6-7H,1-5H2/t6-,7+. The van der Waals surface area contributed by atoms with Crippen molar-refractivity contribution in [2.24, 2.45) is 0 Å². The summed E-state index contributed by atoms with van der Waals surface area (Å²) in [5.41, 5.74) is 0. The first-order valence-corrected chi connectivity index (χ1v) is 4.23. The first kappa shape index (κ1) is 7.03. The summed E-state index contributed by atoms with van der Waals surface area (Å²) in [7, 11) is 0. The van der Waals surface area contributed by atoms with Gasteiger partial charge in [-0.3, -0.25) is 0 Å². The van der Waals surface area contributed by atoms with Crippen LogP contribution in [0.3, 0.4) is 0 Å². The lowest BCUT2D eigenvalue weighted by molar-refractivity contribution is -0.802. The number of fused-ring (bicyclic) bond motifs is 1. The van der Waals surface area contributed by atoms with E-state index in [2.05, 4.69) is 0 Å². The molecule has 1 aliphatic carbocycles. The van der Waals surface area contributed by atoms with Crippen molar-refractivity contribution in [2.75, 3.05) is 0 Å². The third-order valence-electron chi connectivity index (χ3n) is 2.71. The number of rotatable bonds is 0. The van der Waals surface area contributed by atoms with Crippen molar-refractivity contribution in [2.45, 2.75) is 44.2 Å². The molecular formula is C7H12N2O2. The summed E-state index contributed by atoms with van der Waals surface area (Å²) in [5.74, 6) is 0. The summed E-state index contributed by atoms with van der Waals surface area (Å²) >= 11 is 0. The molecule has 2 atom stereocenters. The highest BCUT2D eigenvalue weighted by Gasteiger charge is 2.51. The van der Waals surface area contributed by atoms with Gasteiger partial charge in [0.05, 0.1) is 4.91 Å². The number of hydroxylamine groups is 1. The van der Waals surface area contributed by atoms with Gasteiger partial charge in [-0.2, -0.15) is 5.17 Å². The molecule has 0 bridgehead atoms. The third-order valence-corrected chi connectivity index (χ3v) is 2.71. The molecule has 1 heterocycles. The van der Waals surface area contributed by atoms with Gasteiger partial charge in [0.1, 0.15) is 10.9 Å². The summed E-state index contributed by atoms with van der Waals surface area (Å²) in [6.07, 6.45) is 5.20. The highest BCUT2D eigenvalue weighted by molar-refractivity contribution is 4.84. The van der Waals surface area contributed by atoms with E-state index in [-0.39, 0.29) is 12.1 Å². The quantitative estimate of drug-likeness (QED) is 0.495. The molecule has 1 aliphatic heterocycles. The minimum Gasteiger partial charge on any atom is -0.704 e. The Hall–Kier alpha value is -0.640. The highest BCUT2D eigenvalue weighted by atomic mass is 16.6. The van der Waals surface area contributed by atoms with Crippen molar-refractivity contribution >= 4 is 0 Å². The van der Waals surface area contributed by atoms with E-state index in [1.165, 1.54) is 6.42 Å². The second kappa shape index (κ2) is 2.44. The van der Waals surface area contributed by atoms with Crippen molar-refractivity contribution in [3.63, 3.8) is 0 Å². The summed E-state index contributed by atoms with van der Waals surface area (Å²) in [6, 6.07) is 0.0185. The maximum atomic E-state index is 10.9. The van der Waals surface area contributed by atoms with E-state index >= 15 is 0 Å². The molecule has 0 unspecified atom stereocenters. The second-order valence-electron chi connectivity index (χ2n) is 3.38. The Morgan fingerprint density at radius 1 is 1.27 bits per heavy atom. The Kier molecular flexibility index (Phi) is 1.56. The topological polar surface area (TPSA) is 46.4 Å². The molecule has 2 fully saturated rings. The molecule has 1 saturated carbocycles. The average molecular weight is 156 g/mol. The van der Waals surface area contributed by atoms with Crippen LogP contribution in [-0.2, 0) is 0 Å². The fourth-order valence-corrected chi connectivity index (χ4v) is 2.01. The van der Waals surface area contributed by atoms with Crippen LogP contribution in [0.25, 0.3) is 0 Å². The van der Waals surface area contributed by atoms with E-state index in [1.54, 1.807) is 0 Å². The van der Waals surface area contributed by atoms with Crippen molar-refractivity contribution in [1.82, 2.24) is 5.17 Å². The smallest absolute Gasteiger partial charge is 0.258 e. The minimum absolute atomic E-state index is 0.00926. The Morgan fingerprint density at radius 2 is 2.00 bits per heavy atom. The molecule has 0 radical (unpaired) electrons. The lowest BCUT2D eigenvalue weighted by atomic mass is 10.0. The van der Waals surface area contributed by atoms with Crippen LogP contribution < -0.4 is 0 Å². The van der Waals surface area contributed by atoms with Crippen LogP contribution in [0.15, 0.2) is 0 Å². The molecule has 62 valence electrons. The Labute approximate surface area is 65.3 Å². The molecule has 0 aromatic carbocycles. The number of nitroso groups, excluding NO2 is 1. The zero-order valence-electron chi connectivity index (χ0n) is 6.40. The Morgan fingerprint density at radius 3 is 2.82 bits per heavy atom. The summed E-state index contributed by atoms with van der Waals surface area (Å²) in [5, 5.41) is 11.5. The van der Waals surface area contributed by atoms with Crippen LogP contribution in [0.2, 0.25) is 0 Å². The van der Waals surface area contributed by atoms with Gasteiger partial charge in [-0.25, -0.2) is 0 Å². The van der Waals surface area contributed by atoms with Crippen molar-refractivity contribution in [1.29, 1.82) is 0 Å². The monoisotopic (exact) mass is 156 g/mol. The van der Waals surface area contributed by atoms with E-state index in [0.717, 1.165) is 25.7 Å². The van der Waals surface area contributed by atoms with Crippen LogP contribution in [0.1, 0.15) is 32.1 Å². The van der Waals surface area contributed by atoms with Gasteiger partial charge in [-0.05, 0) is 12.8 Å². The average Bonchev–Trinajstić information content (AvgIpc) is 2.25. The Bertz CT molecular complexity index is 183. The predicted octanol–water partition coefficient (Wildman–Crippen LogP) is 1.20. The lowest BCUT2D eigenvalue weighted by Gasteiger charge is -2.40. The van der Waals surface area contributed by atoms with E-state index in [4.69, 9.17) is 0 Å². The largest absolute Gasteiger partial charge is 0.704 e. The summed E-state index contributed by atoms with van der Waals surface area (Å²) < 4.78 is 0. The molecule has 4 heteroatoms. The zero-order valence-corrected chi connectivity index (χ0v) is 6.40. The summed E-state index contributed by atoms with van der Waals surface area (Å²) in [6.45, 7) is 0. The molecule has 1 saturated heterocycles. The summed E-state index contributed by atoms with van der Waals surface area (Å²) in [4.78, 5) is 11.5. The zero-order chi connectivity index (χ0) is 7.84. The molecule has 4 nitrogen and oxygen atoms in total. The first-order chi connectivity index (χ1) is 5.30. The van der Waals surface area contributed by atoms with Gasteiger partial charge < -0.3 is 5.21 Å². The van der Waals surface area contributed by atoms with Gasteiger partial charge >= 0.3 is 0 Å². The number of hydrazine groups is 1. The highest BCUT2D eigenvalue weighted by Crippen LogP contribution is 2.31. The Balaban J connectivity index is 2.05. The fourth-order valence-electron chi connectivity index (χ4n) is 2.01. The number of hydrogen-bond donors (Lipinski definition) is 0. The van der Waals surface area contributed by atoms with Crippen LogP contribution in [0, 0.1) is 10.1 Å². The predicted molar refractivity (Wildman–Crippen MR) is 39.5 cm³/mol. The van der Waals surface area contributed by atoms with Gasteiger partial charge in [0.15, 0.2) is 0 Å². The lowest BCUT2D eigenvalue weighted by Crippen LogP contribution is -2.62. The molecular weight excluding hydrogens is 144 g/mol. The maximum absolute atomic E-state index is 10.9. The van der Waals surface area contributed by atoms with E-state index in [9.17, 15) is 10.1 Å². The normalized spacial score (nSPS) is 37.5. The van der Waals surface area contributed by atoms with Crippen LogP contribution in [-0.4, -0.2) is 22.1 Å². The van der Waals surface area contributed by atoms with E-state index < -0.39 is 0 Å². The number of hydrogen-bond acceptors (Lipinski definition) is 2. The fraction of sp³-hybridized carbons (Fsp3) is 1.00. The van der Waals surface area contributed by atoms with Crippen LogP contribution in [0.5, 0.6) is 0 Å². The van der Waals surface area contributed by atoms with Gasteiger partial charge in [-0.15, -0.1) is 0 Å². The molecule has 2 rings (SSSR count). The molecule has 0 spiro atoms. The van der Waals surface area contributed by atoms with Gasteiger partial charge in [0.2, 0.25) is 0 Å². The van der Waals surface area contributed by atoms with Crippen molar-refractivity contribution in [3.8, 4) is 0 Å². The van der Waals surface area contributed by atoms with Crippen LogP contribution >= 0.6 is 0 Å². The first-order valence-electron chi connectivity index (χ1n) is 4.23. The van der Waals surface area contributed by atoms with Gasteiger partial charge in [0.25, 0.3) is 6.04 Å². The molecule has 0 amide bonds. The minimum atomic E-state index is 0.00926. The van der Waals surface area contributed by atoms with Crippen molar-refractivity contribution < 1.29 is 4.87 Å². The van der Waals surface area contributed by atoms with Crippen molar-refractivity contribution in [3.05, 3.63) is 10.1 Å². The van der Waals surface area contributed by atoms with E-state index in [1.807, 2.05) is 0 Å². The van der Waals surface area contributed by atoms with Gasteiger partial charge in [-0.1, -0.05) is 12.8 Å². The van der Waals surface area contributed by atoms with Gasteiger partial charge in [0, 0.05) is 6.42 Å². The molecule has 0 aromatic rings. The SMILES string of the molecule is O=[N+]1[C@H]2CCCCC[C@H]2N1[O-]. The molecule has 0 N–H and O–H groups in total. The van der Waals surface area contributed by atoms with E-state index in [0.29, 0.717) is 10.0 Å². The third kappa shape index (κ3) is 0.929. The van der Waals surface area contributed by atoms with Crippen LogP contribution in [0.4, 0.5) is 0 Å². The molecule has 11 heavy (non-hydrogen) atoms.